The van der Waals surface area contributed by atoms with Gasteiger partial charge < -0.3 is 14.6 Å². The molecule has 2 aromatic heterocycles. The van der Waals surface area contributed by atoms with Gasteiger partial charge in [0, 0.05) is 26.1 Å². The molecule has 0 aliphatic rings. The molecule has 24 heavy (non-hydrogen) atoms. The summed E-state index contributed by atoms with van der Waals surface area (Å²) in [5.74, 6) is 0.948. The molecule has 0 unspecified atom stereocenters. The first-order valence-corrected chi connectivity index (χ1v) is 9.01. The number of benzene rings is 1. The SMILES string of the molecule is CCOCCn1c(CCNC(=O)c2cccs2)nc2ccccc21. The Morgan fingerprint density at radius 1 is 1.29 bits per heavy atom. The van der Waals surface area contributed by atoms with Crippen LogP contribution in [0.2, 0.25) is 0 Å². The maximum Gasteiger partial charge on any atom is 0.261 e. The van der Waals surface area contributed by atoms with Crippen molar-refractivity contribution in [2.45, 2.75) is 19.9 Å². The molecular formula is C18H21N3O2S. The third-order valence-electron chi connectivity index (χ3n) is 3.78. The number of rotatable bonds is 8. The lowest BCUT2D eigenvalue weighted by atomic mass is 10.3. The fourth-order valence-electron chi connectivity index (χ4n) is 2.65. The average Bonchev–Trinajstić information content (AvgIpc) is 3.23. The van der Waals surface area contributed by atoms with Crippen molar-refractivity contribution in [1.82, 2.24) is 14.9 Å². The van der Waals surface area contributed by atoms with Gasteiger partial charge in [0.15, 0.2) is 0 Å². The largest absolute Gasteiger partial charge is 0.380 e. The summed E-state index contributed by atoms with van der Waals surface area (Å²) in [4.78, 5) is 17.5. The van der Waals surface area contributed by atoms with Crippen LogP contribution in [0.3, 0.4) is 0 Å². The van der Waals surface area contributed by atoms with Crippen molar-refractivity contribution >= 4 is 28.3 Å². The van der Waals surface area contributed by atoms with E-state index in [0.29, 0.717) is 26.2 Å². The summed E-state index contributed by atoms with van der Waals surface area (Å²) in [6, 6.07) is 11.8. The molecule has 0 radical (unpaired) electrons. The number of hydrogen-bond donors (Lipinski definition) is 1. The number of aromatic nitrogens is 2. The third-order valence-corrected chi connectivity index (χ3v) is 4.64. The molecule has 0 atom stereocenters. The monoisotopic (exact) mass is 343 g/mol. The summed E-state index contributed by atoms with van der Waals surface area (Å²) in [6.45, 7) is 4.69. The number of carbonyl (C=O) groups excluding carboxylic acids is 1. The van der Waals surface area contributed by atoms with Crippen molar-refractivity contribution < 1.29 is 9.53 Å². The molecule has 126 valence electrons. The van der Waals surface area contributed by atoms with E-state index in [2.05, 4.69) is 16.0 Å². The Bertz CT molecular complexity index is 796. The molecule has 2 heterocycles. The fraction of sp³-hybridized carbons (Fsp3) is 0.333. The molecule has 0 aliphatic heterocycles. The number of imidazole rings is 1. The number of para-hydroxylation sites is 2. The van der Waals surface area contributed by atoms with Gasteiger partial charge in [-0.15, -0.1) is 11.3 Å². The molecule has 0 bridgehead atoms. The third kappa shape index (κ3) is 3.83. The lowest BCUT2D eigenvalue weighted by Crippen LogP contribution is -2.26. The van der Waals surface area contributed by atoms with E-state index in [1.54, 1.807) is 0 Å². The predicted molar refractivity (Wildman–Crippen MR) is 96.6 cm³/mol. The minimum Gasteiger partial charge on any atom is -0.380 e. The zero-order valence-corrected chi connectivity index (χ0v) is 14.5. The van der Waals surface area contributed by atoms with Crippen LogP contribution in [0.4, 0.5) is 0 Å². The molecular weight excluding hydrogens is 322 g/mol. The summed E-state index contributed by atoms with van der Waals surface area (Å²) in [7, 11) is 0. The van der Waals surface area contributed by atoms with Crippen LogP contribution in [0.1, 0.15) is 22.4 Å². The van der Waals surface area contributed by atoms with Crippen molar-refractivity contribution in [3.63, 3.8) is 0 Å². The van der Waals surface area contributed by atoms with Gasteiger partial charge in [-0.3, -0.25) is 4.79 Å². The smallest absolute Gasteiger partial charge is 0.261 e. The fourth-order valence-corrected chi connectivity index (χ4v) is 3.29. The molecule has 1 amide bonds. The zero-order chi connectivity index (χ0) is 16.8. The first-order valence-electron chi connectivity index (χ1n) is 8.13. The molecule has 3 rings (SSSR count). The van der Waals surface area contributed by atoms with Crippen molar-refractivity contribution in [1.29, 1.82) is 0 Å². The van der Waals surface area contributed by atoms with Gasteiger partial charge in [-0.1, -0.05) is 18.2 Å². The molecule has 1 aromatic carbocycles. The van der Waals surface area contributed by atoms with Crippen LogP contribution >= 0.6 is 11.3 Å². The zero-order valence-electron chi connectivity index (χ0n) is 13.7. The summed E-state index contributed by atoms with van der Waals surface area (Å²) >= 11 is 1.45. The highest BCUT2D eigenvalue weighted by molar-refractivity contribution is 7.12. The van der Waals surface area contributed by atoms with Crippen molar-refractivity contribution in [2.75, 3.05) is 19.8 Å². The van der Waals surface area contributed by atoms with Crippen LogP contribution in [-0.4, -0.2) is 35.2 Å². The van der Waals surface area contributed by atoms with E-state index in [4.69, 9.17) is 9.72 Å². The van der Waals surface area contributed by atoms with Gasteiger partial charge in [-0.05, 0) is 30.5 Å². The number of hydrogen-bond acceptors (Lipinski definition) is 4. The Balaban J connectivity index is 1.68. The Labute approximate surface area is 145 Å². The average molecular weight is 343 g/mol. The Morgan fingerprint density at radius 3 is 2.96 bits per heavy atom. The van der Waals surface area contributed by atoms with Crippen molar-refractivity contribution in [3.8, 4) is 0 Å². The Kier molecular flexibility index (Phi) is 5.61. The Hall–Kier alpha value is -2.18. The van der Waals surface area contributed by atoms with E-state index in [1.807, 2.05) is 42.6 Å². The molecule has 3 aromatic rings. The van der Waals surface area contributed by atoms with Gasteiger partial charge in [-0.2, -0.15) is 0 Å². The minimum absolute atomic E-state index is 0.0259. The Morgan fingerprint density at radius 2 is 2.17 bits per heavy atom. The van der Waals surface area contributed by atoms with E-state index in [1.165, 1.54) is 11.3 Å². The summed E-state index contributed by atoms with van der Waals surface area (Å²) in [6.07, 6.45) is 0.692. The number of amides is 1. The minimum atomic E-state index is -0.0259. The molecule has 0 fully saturated rings. The van der Waals surface area contributed by atoms with Crippen molar-refractivity contribution in [3.05, 3.63) is 52.5 Å². The summed E-state index contributed by atoms with van der Waals surface area (Å²) in [5.41, 5.74) is 2.09. The van der Waals surface area contributed by atoms with Gasteiger partial charge in [-0.25, -0.2) is 4.98 Å². The summed E-state index contributed by atoms with van der Waals surface area (Å²) in [5, 5.41) is 4.86. The predicted octanol–water partition coefficient (Wildman–Crippen LogP) is 3.11. The topological polar surface area (TPSA) is 56.1 Å². The van der Waals surface area contributed by atoms with Gasteiger partial charge in [0.25, 0.3) is 5.91 Å². The van der Waals surface area contributed by atoms with E-state index < -0.39 is 0 Å². The van der Waals surface area contributed by atoms with Crippen LogP contribution in [0.15, 0.2) is 41.8 Å². The van der Waals surface area contributed by atoms with E-state index in [-0.39, 0.29) is 5.91 Å². The molecule has 0 spiro atoms. The second-order valence-electron chi connectivity index (χ2n) is 5.35. The molecule has 6 heteroatoms. The number of carbonyl (C=O) groups is 1. The van der Waals surface area contributed by atoms with Gasteiger partial charge in [0.1, 0.15) is 5.82 Å². The van der Waals surface area contributed by atoms with E-state index in [0.717, 1.165) is 28.3 Å². The number of thiophene rings is 1. The highest BCUT2D eigenvalue weighted by Gasteiger charge is 2.11. The maximum atomic E-state index is 12.0. The molecule has 5 nitrogen and oxygen atoms in total. The second-order valence-corrected chi connectivity index (χ2v) is 6.30. The standard InChI is InChI=1S/C18H21N3O2S/c1-2-23-12-11-21-15-7-4-3-6-14(15)20-17(21)9-10-19-18(22)16-8-5-13-24-16/h3-8,13H,2,9-12H2,1H3,(H,19,22). The van der Waals surface area contributed by atoms with Crippen LogP contribution in [-0.2, 0) is 17.7 Å². The molecule has 0 saturated heterocycles. The number of nitrogens with one attached hydrogen (secondary N) is 1. The lowest BCUT2D eigenvalue weighted by molar-refractivity contribution is 0.0957. The van der Waals surface area contributed by atoms with Crippen LogP contribution in [0, 0.1) is 0 Å². The van der Waals surface area contributed by atoms with Crippen LogP contribution in [0.5, 0.6) is 0 Å². The van der Waals surface area contributed by atoms with E-state index >= 15 is 0 Å². The normalized spacial score (nSPS) is 11.0. The van der Waals surface area contributed by atoms with Gasteiger partial charge >= 0.3 is 0 Å². The lowest BCUT2D eigenvalue weighted by Gasteiger charge is -2.10. The van der Waals surface area contributed by atoms with Gasteiger partial charge in [0.05, 0.1) is 22.5 Å². The van der Waals surface area contributed by atoms with Crippen molar-refractivity contribution in [2.24, 2.45) is 0 Å². The first kappa shape index (κ1) is 16.7. The van der Waals surface area contributed by atoms with Crippen LogP contribution in [0.25, 0.3) is 11.0 Å². The maximum absolute atomic E-state index is 12.0. The molecule has 0 aliphatic carbocycles. The van der Waals surface area contributed by atoms with Crippen LogP contribution < -0.4 is 5.32 Å². The number of fused-ring (bicyclic) bond motifs is 1. The second kappa shape index (κ2) is 8.08. The number of ether oxygens (including phenoxy) is 1. The van der Waals surface area contributed by atoms with Gasteiger partial charge in [0.2, 0.25) is 0 Å². The quantitative estimate of drug-likeness (QED) is 0.640. The number of nitrogens with zero attached hydrogens (tertiary/aromatic N) is 2. The highest BCUT2D eigenvalue weighted by Crippen LogP contribution is 2.16. The molecule has 1 N–H and O–H groups in total. The molecule has 0 saturated carbocycles. The van der Waals surface area contributed by atoms with E-state index in [9.17, 15) is 4.79 Å². The highest BCUT2D eigenvalue weighted by atomic mass is 32.1. The first-order chi connectivity index (χ1) is 11.8. The summed E-state index contributed by atoms with van der Waals surface area (Å²) < 4.78 is 7.67.